The van der Waals surface area contributed by atoms with Crippen LogP contribution in [0.1, 0.15) is 5.69 Å². The van der Waals surface area contributed by atoms with Crippen LogP contribution < -0.4 is 5.43 Å². The molecule has 27 heavy (non-hydrogen) atoms. The first-order valence-corrected chi connectivity index (χ1v) is 9.29. The van der Waals surface area contributed by atoms with E-state index in [1.807, 2.05) is 42.5 Å². The van der Waals surface area contributed by atoms with Crippen LogP contribution in [0, 0.1) is 0 Å². The zero-order valence-corrected chi connectivity index (χ0v) is 15.7. The predicted molar refractivity (Wildman–Crippen MR) is 114 cm³/mol. The summed E-state index contributed by atoms with van der Waals surface area (Å²) in [5.74, 6) is 0.709. The topological polar surface area (TPSA) is 66.0 Å². The molecule has 0 aliphatic carbocycles. The maximum absolute atomic E-state index is 4.81. The molecule has 2 N–H and O–H groups in total. The number of aromatic amines is 1. The van der Waals surface area contributed by atoms with Crippen LogP contribution in [0.25, 0.3) is 32.7 Å². The molecule has 0 aliphatic rings. The fourth-order valence-electron chi connectivity index (χ4n) is 3.26. The van der Waals surface area contributed by atoms with Gasteiger partial charge in [0.1, 0.15) is 0 Å². The fraction of sp³-hybridized carbons (Fsp3) is 0. The lowest BCUT2D eigenvalue weighted by Gasteiger charge is -2.06. The summed E-state index contributed by atoms with van der Waals surface area (Å²) in [6.07, 6.45) is 3.43. The Hall–Kier alpha value is -3.25. The monoisotopic (exact) mass is 415 g/mol. The summed E-state index contributed by atoms with van der Waals surface area (Å²) in [5.41, 5.74) is 6.90. The van der Waals surface area contributed by atoms with Crippen molar-refractivity contribution in [3.8, 4) is 0 Å². The number of hydrazone groups is 1. The second kappa shape index (κ2) is 6.48. The number of fused-ring (bicyclic) bond motifs is 5. The van der Waals surface area contributed by atoms with Crippen molar-refractivity contribution in [3.63, 3.8) is 0 Å². The van der Waals surface area contributed by atoms with Crippen molar-refractivity contribution in [2.24, 2.45) is 5.10 Å². The third-order valence-corrected chi connectivity index (χ3v) is 4.95. The van der Waals surface area contributed by atoms with Crippen LogP contribution in [0.15, 0.2) is 76.4 Å². The van der Waals surface area contributed by atoms with Gasteiger partial charge in [-0.05, 0) is 36.4 Å². The van der Waals surface area contributed by atoms with Gasteiger partial charge in [0.15, 0.2) is 5.82 Å². The first-order chi connectivity index (χ1) is 13.3. The SMILES string of the molecule is Brc1ccc2[nH]c3c4ccccc4nc(N/N=C/c4ccccn4)c3c2c1. The van der Waals surface area contributed by atoms with Crippen molar-refractivity contribution in [2.45, 2.75) is 0 Å². The minimum atomic E-state index is 0.709. The van der Waals surface area contributed by atoms with Gasteiger partial charge in [-0.1, -0.05) is 40.2 Å². The van der Waals surface area contributed by atoms with Crippen LogP contribution in [-0.4, -0.2) is 21.2 Å². The Morgan fingerprint density at radius 3 is 2.78 bits per heavy atom. The number of halogens is 1. The Labute approximate surface area is 163 Å². The maximum Gasteiger partial charge on any atom is 0.156 e. The summed E-state index contributed by atoms with van der Waals surface area (Å²) in [5, 5.41) is 7.54. The van der Waals surface area contributed by atoms with Gasteiger partial charge in [-0.3, -0.25) is 10.4 Å². The number of pyridine rings is 2. The lowest BCUT2D eigenvalue weighted by molar-refractivity contribution is 1.26. The number of nitrogens with one attached hydrogen (secondary N) is 2. The van der Waals surface area contributed by atoms with Gasteiger partial charge in [0, 0.05) is 27.0 Å². The first kappa shape index (κ1) is 16.0. The van der Waals surface area contributed by atoms with Crippen LogP contribution in [0.3, 0.4) is 0 Å². The van der Waals surface area contributed by atoms with E-state index in [1.54, 1.807) is 12.4 Å². The highest BCUT2D eigenvalue weighted by Crippen LogP contribution is 2.36. The van der Waals surface area contributed by atoms with Gasteiger partial charge >= 0.3 is 0 Å². The van der Waals surface area contributed by atoms with E-state index in [1.165, 1.54) is 0 Å². The molecule has 0 saturated carbocycles. The number of para-hydroxylation sites is 1. The highest BCUT2D eigenvalue weighted by atomic mass is 79.9. The average molecular weight is 416 g/mol. The zero-order valence-electron chi connectivity index (χ0n) is 14.1. The van der Waals surface area contributed by atoms with E-state index in [0.29, 0.717) is 5.82 Å². The Bertz CT molecular complexity index is 1310. The third kappa shape index (κ3) is 2.84. The average Bonchev–Trinajstić information content (AvgIpc) is 3.08. The molecule has 0 spiro atoms. The largest absolute Gasteiger partial charge is 0.354 e. The number of hydrogen-bond donors (Lipinski definition) is 2. The van der Waals surface area contributed by atoms with E-state index < -0.39 is 0 Å². The van der Waals surface area contributed by atoms with Crippen molar-refractivity contribution >= 4 is 60.7 Å². The normalized spacial score (nSPS) is 11.7. The predicted octanol–water partition coefficient (Wildman–Crippen LogP) is 5.47. The smallest absolute Gasteiger partial charge is 0.156 e. The molecule has 0 bridgehead atoms. The van der Waals surface area contributed by atoms with E-state index >= 15 is 0 Å². The molecule has 5 nitrogen and oxygen atoms in total. The minimum absolute atomic E-state index is 0.709. The molecule has 3 aromatic heterocycles. The molecular formula is C21H14BrN5. The lowest BCUT2D eigenvalue weighted by atomic mass is 10.1. The van der Waals surface area contributed by atoms with Crippen molar-refractivity contribution in [1.29, 1.82) is 0 Å². The van der Waals surface area contributed by atoms with E-state index in [2.05, 4.69) is 54.6 Å². The van der Waals surface area contributed by atoms with Gasteiger partial charge in [-0.2, -0.15) is 5.10 Å². The molecule has 5 aromatic rings. The first-order valence-electron chi connectivity index (χ1n) is 8.49. The molecule has 0 radical (unpaired) electrons. The molecular weight excluding hydrogens is 402 g/mol. The van der Waals surface area contributed by atoms with Crippen LogP contribution in [0.2, 0.25) is 0 Å². The second-order valence-electron chi connectivity index (χ2n) is 6.17. The summed E-state index contributed by atoms with van der Waals surface area (Å²) >= 11 is 3.57. The standard InChI is InChI=1S/C21H14BrN5/c22-13-8-9-18-16(11-13)19-20(25-18)15-6-1-2-7-17(15)26-21(19)27-24-12-14-5-3-4-10-23-14/h1-12,25H,(H,26,27)/b24-12+. The van der Waals surface area contributed by atoms with Crippen molar-refractivity contribution < 1.29 is 0 Å². The third-order valence-electron chi connectivity index (χ3n) is 4.46. The quantitative estimate of drug-likeness (QED) is 0.303. The van der Waals surface area contributed by atoms with E-state index in [0.717, 1.165) is 42.9 Å². The molecule has 3 heterocycles. The van der Waals surface area contributed by atoms with Crippen LogP contribution >= 0.6 is 15.9 Å². The summed E-state index contributed by atoms with van der Waals surface area (Å²) in [6.45, 7) is 0. The molecule has 0 amide bonds. The highest BCUT2D eigenvalue weighted by Gasteiger charge is 2.14. The number of benzene rings is 2. The Morgan fingerprint density at radius 2 is 1.89 bits per heavy atom. The number of H-pyrrole nitrogens is 1. The number of rotatable bonds is 3. The van der Waals surface area contributed by atoms with Crippen molar-refractivity contribution in [2.75, 3.05) is 5.43 Å². The number of anilines is 1. The Kier molecular flexibility index (Phi) is 3.83. The lowest BCUT2D eigenvalue weighted by Crippen LogP contribution is -1.96. The highest BCUT2D eigenvalue weighted by molar-refractivity contribution is 9.10. The van der Waals surface area contributed by atoms with Crippen LogP contribution in [0.5, 0.6) is 0 Å². The fourth-order valence-corrected chi connectivity index (χ4v) is 3.62. The molecule has 5 rings (SSSR count). The number of aromatic nitrogens is 3. The van der Waals surface area contributed by atoms with Gasteiger partial charge in [0.25, 0.3) is 0 Å². The Morgan fingerprint density at radius 1 is 1.00 bits per heavy atom. The van der Waals surface area contributed by atoms with Crippen LogP contribution in [0.4, 0.5) is 5.82 Å². The summed E-state index contributed by atoms with van der Waals surface area (Å²) in [4.78, 5) is 12.6. The van der Waals surface area contributed by atoms with E-state index in [9.17, 15) is 0 Å². The summed E-state index contributed by atoms with van der Waals surface area (Å²) in [7, 11) is 0. The zero-order chi connectivity index (χ0) is 18.2. The maximum atomic E-state index is 4.81. The Balaban J connectivity index is 1.72. The van der Waals surface area contributed by atoms with Gasteiger partial charge in [0.05, 0.1) is 28.3 Å². The van der Waals surface area contributed by atoms with Crippen LogP contribution in [-0.2, 0) is 0 Å². The van der Waals surface area contributed by atoms with Gasteiger partial charge < -0.3 is 4.98 Å². The molecule has 0 unspecified atom stereocenters. The molecule has 6 heteroatoms. The summed E-state index contributed by atoms with van der Waals surface area (Å²) in [6, 6.07) is 20.0. The molecule has 0 atom stereocenters. The molecule has 2 aromatic carbocycles. The number of hydrogen-bond acceptors (Lipinski definition) is 4. The van der Waals surface area contributed by atoms with Crippen molar-refractivity contribution in [1.82, 2.24) is 15.0 Å². The van der Waals surface area contributed by atoms with E-state index in [4.69, 9.17) is 4.98 Å². The minimum Gasteiger partial charge on any atom is -0.354 e. The number of nitrogens with zero attached hydrogens (tertiary/aromatic N) is 3. The molecule has 0 aliphatic heterocycles. The van der Waals surface area contributed by atoms with Gasteiger partial charge in [-0.15, -0.1) is 0 Å². The molecule has 0 saturated heterocycles. The van der Waals surface area contributed by atoms with Gasteiger partial charge in [0.2, 0.25) is 0 Å². The van der Waals surface area contributed by atoms with Gasteiger partial charge in [-0.25, -0.2) is 4.98 Å². The second-order valence-corrected chi connectivity index (χ2v) is 7.08. The molecule has 0 fully saturated rings. The van der Waals surface area contributed by atoms with Crippen molar-refractivity contribution in [3.05, 3.63) is 77.0 Å². The van der Waals surface area contributed by atoms with E-state index in [-0.39, 0.29) is 0 Å². The summed E-state index contributed by atoms with van der Waals surface area (Å²) < 4.78 is 1.02. The molecule has 130 valence electrons.